The predicted molar refractivity (Wildman–Crippen MR) is 76.5 cm³/mol. The van der Waals surface area contributed by atoms with Gasteiger partial charge in [0.1, 0.15) is 5.82 Å². The number of hydrogen-bond donors (Lipinski definition) is 0. The molecule has 1 heterocycles. The average molecular weight is 309 g/mol. The molecule has 0 unspecified atom stereocenters. The van der Waals surface area contributed by atoms with E-state index in [0.717, 1.165) is 16.6 Å². The van der Waals surface area contributed by atoms with Gasteiger partial charge >= 0.3 is 0 Å². The first-order valence-corrected chi connectivity index (χ1v) is 7.40. The van der Waals surface area contributed by atoms with Crippen molar-refractivity contribution < 1.29 is 9.72 Å². The number of carbonyl (C=O) groups is 1. The highest BCUT2D eigenvalue weighted by Gasteiger charge is 2.18. The first kappa shape index (κ1) is 14.6. The van der Waals surface area contributed by atoms with E-state index >= 15 is 0 Å². The number of Topliss-reactive ketones (excluding diaryl/α,β-unsaturated/α-hetero) is 1. The molecule has 0 saturated carbocycles. The summed E-state index contributed by atoms with van der Waals surface area (Å²) in [5, 5.41) is 11.0. The van der Waals surface area contributed by atoms with Gasteiger partial charge in [0, 0.05) is 17.4 Å². The van der Waals surface area contributed by atoms with Crippen LogP contribution >= 0.6 is 23.3 Å². The van der Waals surface area contributed by atoms with Gasteiger partial charge in [-0.2, -0.15) is 4.37 Å². The van der Waals surface area contributed by atoms with E-state index in [9.17, 15) is 14.9 Å². The Morgan fingerprint density at radius 1 is 1.50 bits per heavy atom. The fraction of sp³-hybridized carbons (Fsp3) is 0.250. The maximum Gasteiger partial charge on any atom is 0.281 e. The van der Waals surface area contributed by atoms with Gasteiger partial charge in [0.05, 0.1) is 10.5 Å². The van der Waals surface area contributed by atoms with Gasteiger partial charge in [-0.3, -0.25) is 14.9 Å². The molecule has 1 aromatic heterocycles. The molecule has 0 amide bonds. The molecule has 0 aliphatic heterocycles. The van der Waals surface area contributed by atoms with E-state index < -0.39 is 4.92 Å². The van der Waals surface area contributed by atoms with Crippen LogP contribution in [0.15, 0.2) is 27.4 Å². The molecular weight excluding hydrogens is 298 g/mol. The molecular formula is C12H11N3O3S2. The second-order valence-corrected chi connectivity index (χ2v) is 6.00. The van der Waals surface area contributed by atoms with Gasteiger partial charge in [0.25, 0.3) is 5.69 Å². The van der Waals surface area contributed by atoms with Gasteiger partial charge in [0.2, 0.25) is 0 Å². The third-order valence-corrected chi connectivity index (χ3v) is 4.29. The number of nitro benzene ring substituents is 1. The van der Waals surface area contributed by atoms with E-state index in [4.69, 9.17) is 0 Å². The summed E-state index contributed by atoms with van der Waals surface area (Å²) in [7, 11) is 0. The van der Waals surface area contributed by atoms with Crippen LogP contribution in [0.25, 0.3) is 0 Å². The third-order valence-electron chi connectivity index (χ3n) is 2.52. The zero-order valence-electron chi connectivity index (χ0n) is 10.8. The highest BCUT2D eigenvalue weighted by molar-refractivity contribution is 8.01. The molecule has 0 spiro atoms. The fourth-order valence-corrected chi connectivity index (χ4v) is 3.26. The first-order valence-electron chi connectivity index (χ1n) is 5.81. The van der Waals surface area contributed by atoms with Gasteiger partial charge in [-0.25, -0.2) is 4.98 Å². The minimum Gasteiger partial charge on any atom is -0.294 e. The van der Waals surface area contributed by atoms with E-state index in [1.54, 1.807) is 6.07 Å². The number of rotatable bonds is 5. The number of carbonyl (C=O) groups excluding carboxylic acids is 1. The van der Waals surface area contributed by atoms with Crippen LogP contribution in [-0.2, 0) is 6.42 Å². The molecule has 20 heavy (non-hydrogen) atoms. The third kappa shape index (κ3) is 3.20. The van der Waals surface area contributed by atoms with E-state index in [-0.39, 0.29) is 17.0 Å². The minimum atomic E-state index is -0.543. The Morgan fingerprint density at radius 3 is 2.80 bits per heavy atom. The molecule has 0 radical (unpaired) electrons. The summed E-state index contributed by atoms with van der Waals surface area (Å²) in [6.45, 7) is 3.27. The molecule has 0 bridgehead atoms. The van der Waals surface area contributed by atoms with Gasteiger partial charge in [-0.05, 0) is 30.6 Å². The van der Waals surface area contributed by atoms with E-state index in [2.05, 4.69) is 9.36 Å². The lowest BCUT2D eigenvalue weighted by Crippen LogP contribution is -2.00. The Balaban J connectivity index is 2.31. The Hall–Kier alpha value is -1.80. The summed E-state index contributed by atoms with van der Waals surface area (Å²) in [5.41, 5.74) is -0.0615. The summed E-state index contributed by atoms with van der Waals surface area (Å²) in [6, 6.07) is 4.56. The minimum absolute atomic E-state index is 0.117. The molecule has 2 rings (SSSR count). The van der Waals surface area contributed by atoms with Crippen molar-refractivity contribution in [2.75, 3.05) is 0 Å². The van der Waals surface area contributed by atoms with Crippen molar-refractivity contribution in [3.63, 3.8) is 0 Å². The number of nitro groups is 1. The topological polar surface area (TPSA) is 86.0 Å². The maximum absolute atomic E-state index is 11.4. The lowest BCUT2D eigenvalue weighted by atomic mass is 10.1. The Bertz CT molecular complexity index is 670. The molecule has 0 aliphatic rings. The molecule has 0 atom stereocenters. The summed E-state index contributed by atoms with van der Waals surface area (Å²) in [5.74, 6) is 0.435. The number of aryl methyl sites for hydroxylation is 1. The summed E-state index contributed by atoms with van der Waals surface area (Å²) in [4.78, 5) is 26.8. The van der Waals surface area contributed by atoms with Crippen molar-refractivity contribution in [3.05, 3.63) is 39.7 Å². The normalized spacial score (nSPS) is 10.5. The van der Waals surface area contributed by atoms with Crippen LogP contribution in [0, 0.1) is 10.1 Å². The van der Waals surface area contributed by atoms with Crippen LogP contribution in [0.3, 0.4) is 0 Å². The number of hydrogen-bond acceptors (Lipinski definition) is 7. The Morgan fingerprint density at radius 2 is 2.25 bits per heavy atom. The van der Waals surface area contributed by atoms with Crippen molar-refractivity contribution in [1.29, 1.82) is 0 Å². The first-order chi connectivity index (χ1) is 9.51. The highest BCUT2D eigenvalue weighted by Crippen LogP contribution is 2.32. The van der Waals surface area contributed by atoms with Crippen molar-refractivity contribution >= 4 is 34.8 Å². The monoisotopic (exact) mass is 309 g/mol. The largest absolute Gasteiger partial charge is 0.294 e. The second-order valence-electron chi connectivity index (χ2n) is 3.92. The van der Waals surface area contributed by atoms with E-state index in [1.807, 2.05) is 6.92 Å². The van der Waals surface area contributed by atoms with Crippen molar-refractivity contribution in [1.82, 2.24) is 9.36 Å². The van der Waals surface area contributed by atoms with Crippen LogP contribution in [0.1, 0.15) is 30.0 Å². The standard InChI is InChI=1S/C12H11N3O3S2/c1-3-11-13-12(20-14-11)19-8-4-5-9(7(2)16)10(6-8)15(17)18/h4-6H,3H2,1-2H3. The smallest absolute Gasteiger partial charge is 0.281 e. The fourth-order valence-electron chi connectivity index (χ4n) is 1.55. The average Bonchev–Trinajstić information content (AvgIpc) is 2.86. The summed E-state index contributed by atoms with van der Waals surface area (Å²) < 4.78 is 4.88. The van der Waals surface area contributed by atoms with Crippen molar-refractivity contribution in [2.45, 2.75) is 29.5 Å². The van der Waals surface area contributed by atoms with Crippen LogP contribution in [0.5, 0.6) is 0 Å². The van der Waals surface area contributed by atoms with Crippen LogP contribution < -0.4 is 0 Å². The molecule has 0 fully saturated rings. The number of ketones is 1. The SMILES string of the molecule is CCc1nsc(Sc2ccc(C(C)=O)c([N+](=O)[O-])c2)n1. The summed E-state index contributed by atoms with van der Waals surface area (Å²) >= 11 is 2.56. The molecule has 0 saturated heterocycles. The van der Waals surface area contributed by atoms with Gasteiger partial charge < -0.3 is 0 Å². The zero-order chi connectivity index (χ0) is 14.7. The molecule has 104 valence electrons. The lowest BCUT2D eigenvalue weighted by Gasteiger charge is -2.01. The predicted octanol–water partition coefficient (Wildman–Crippen LogP) is 3.36. The second kappa shape index (κ2) is 6.10. The van der Waals surface area contributed by atoms with Gasteiger partial charge in [-0.15, -0.1) is 0 Å². The Kier molecular flexibility index (Phi) is 4.46. The van der Waals surface area contributed by atoms with Crippen LogP contribution in [-0.4, -0.2) is 20.1 Å². The van der Waals surface area contributed by atoms with Crippen molar-refractivity contribution in [2.24, 2.45) is 0 Å². The van der Waals surface area contributed by atoms with E-state index in [0.29, 0.717) is 4.90 Å². The molecule has 8 heteroatoms. The van der Waals surface area contributed by atoms with Crippen LogP contribution in [0.2, 0.25) is 0 Å². The molecule has 2 aromatic rings. The molecule has 1 aromatic carbocycles. The number of aromatic nitrogens is 2. The quantitative estimate of drug-likeness (QED) is 0.478. The lowest BCUT2D eigenvalue weighted by molar-refractivity contribution is -0.385. The molecule has 0 N–H and O–H groups in total. The number of nitrogens with zero attached hydrogens (tertiary/aromatic N) is 3. The van der Waals surface area contributed by atoms with Gasteiger partial charge in [-0.1, -0.05) is 18.7 Å². The molecule has 0 aliphatic carbocycles. The van der Waals surface area contributed by atoms with E-state index in [1.165, 1.54) is 42.4 Å². The maximum atomic E-state index is 11.4. The van der Waals surface area contributed by atoms with Gasteiger partial charge in [0.15, 0.2) is 10.1 Å². The molecule has 6 nitrogen and oxygen atoms in total. The van der Waals surface area contributed by atoms with Crippen molar-refractivity contribution in [3.8, 4) is 0 Å². The summed E-state index contributed by atoms with van der Waals surface area (Å²) in [6.07, 6.45) is 0.750. The van der Waals surface area contributed by atoms with Crippen LogP contribution in [0.4, 0.5) is 5.69 Å². The number of benzene rings is 1. The Labute approximate surface area is 123 Å². The highest BCUT2D eigenvalue weighted by atomic mass is 32.2. The zero-order valence-corrected chi connectivity index (χ0v) is 12.5.